The SMILES string of the molecule is COc1cc(NCc2cccc(C(F)F)c2)ccc1Br. The summed E-state index contributed by atoms with van der Waals surface area (Å²) in [6.45, 7) is 0.478. The molecule has 0 amide bonds. The van der Waals surface area contributed by atoms with E-state index < -0.39 is 6.43 Å². The van der Waals surface area contributed by atoms with E-state index in [-0.39, 0.29) is 5.56 Å². The maximum Gasteiger partial charge on any atom is 0.263 e. The third-order valence-electron chi connectivity index (χ3n) is 2.85. The fraction of sp³-hybridized carbons (Fsp3) is 0.200. The van der Waals surface area contributed by atoms with Crippen LogP contribution >= 0.6 is 15.9 Å². The van der Waals surface area contributed by atoms with E-state index in [2.05, 4.69) is 21.2 Å². The van der Waals surface area contributed by atoms with Crippen LogP contribution in [0, 0.1) is 0 Å². The van der Waals surface area contributed by atoms with Gasteiger partial charge < -0.3 is 10.1 Å². The lowest BCUT2D eigenvalue weighted by Crippen LogP contribution is -2.00. The van der Waals surface area contributed by atoms with Crippen molar-refractivity contribution >= 4 is 21.6 Å². The maximum atomic E-state index is 12.6. The monoisotopic (exact) mass is 341 g/mol. The lowest BCUT2D eigenvalue weighted by Gasteiger charge is -2.10. The van der Waals surface area contributed by atoms with Crippen molar-refractivity contribution in [3.63, 3.8) is 0 Å². The number of halogens is 3. The predicted molar refractivity (Wildman–Crippen MR) is 79.4 cm³/mol. The Labute approximate surface area is 124 Å². The fourth-order valence-corrected chi connectivity index (χ4v) is 2.22. The van der Waals surface area contributed by atoms with Gasteiger partial charge in [0.2, 0.25) is 0 Å². The second-order valence-electron chi connectivity index (χ2n) is 4.25. The van der Waals surface area contributed by atoms with Gasteiger partial charge in [-0.05, 0) is 39.7 Å². The van der Waals surface area contributed by atoms with Gasteiger partial charge in [-0.1, -0.05) is 18.2 Å². The van der Waals surface area contributed by atoms with E-state index in [1.165, 1.54) is 12.1 Å². The van der Waals surface area contributed by atoms with Crippen molar-refractivity contribution in [2.75, 3.05) is 12.4 Å². The molecule has 2 aromatic rings. The first-order valence-corrected chi connectivity index (χ1v) is 6.84. The van der Waals surface area contributed by atoms with Crippen molar-refractivity contribution in [1.82, 2.24) is 0 Å². The summed E-state index contributed by atoms with van der Waals surface area (Å²) in [6.07, 6.45) is -2.44. The van der Waals surface area contributed by atoms with Gasteiger partial charge in [0.15, 0.2) is 0 Å². The van der Waals surface area contributed by atoms with Gasteiger partial charge in [0.25, 0.3) is 6.43 Å². The zero-order chi connectivity index (χ0) is 14.5. The van der Waals surface area contributed by atoms with Gasteiger partial charge in [0, 0.05) is 23.9 Å². The molecule has 0 aromatic heterocycles. The summed E-state index contributed by atoms with van der Waals surface area (Å²) in [7, 11) is 1.59. The molecule has 0 saturated carbocycles. The fourth-order valence-electron chi connectivity index (χ4n) is 1.81. The summed E-state index contributed by atoms with van der Waals surface area (Å²) in [6, 6.07) is 12.0. The molecule has 0 aliphatic rings. The summed E-state index contributed by atoms with van der Waals surface area (Å²) in [4.78, 5) is 0. The number of nitrogens with one attached hydrogen (secondary N) is 1. The Bertz CT molecular complexity index is 590. The molecule has 0 saturated heterocycles. The average Bonchev–Trinajstić information content (AvgIpc) is 2.46. The molecular formula is C15H14BrF2NO. The van der Waals surface area contributed by atoms with Gasteiger partial charge in [-0.3, -0.25) is 0 Å². The number of alkyl halides is 2. The zero-order valence-electron chi connectivity index (χ0n) is 10.9. The number of benzene rings is 2. The molecule has 106 valence electrons. The number of ether oxygens (including phenoxy) is 1. The van der Waals surface area contributed by atoms with Crippen LogP contribution in [0.15, 0.2) is 46.9 Å². The molecule has 0 bridgehead atoms. The quantitative estimate of drug-likeness (QED) is 0.825. The highest BCUT2D eigenvalue weighted by molar-refractivity contribution is 9.10. The van der Waals surface area contributed by atoms with Crippen molar-refractivity contribution in [3.05, 3.63) is 58.1 Å². The Morgan fingerprint density at radius 3 is 2.70 bits per heavy atom. The first-order chi connectivity index (χ1) is 9.60. The Hall–Kier alpha value is -1.62. The molecular weight excluding hydrogens is 328 g/mol. The summed E-state index contributed by atoms with van der Waals surface area (Å²) >= 11 is 3.38. The Morgan fingerprint density at radius 1 is 1.20 bits per heavy atom. The minimum Gasteiger partial charge on any atom is -0.495 e. The van der Waals surface area contributed by atoms with Gasteiger partial charge in [0.05, 0.1) is 11.6 Å². The van der Waals surface area contributed by atoms with Crippen LogP contribution in [0.3, 0.4) is 0 Å². The number of rotatable bonds is 5. The van der Waals surface area contributed by atoms with Crippen LogP contribution in [0.5, 0.6) is 5.75 Å². The van der Waals surface area contributed by atoms with Gasteiger partial charge in [-0.15, -0.1) is 0 Å². The van der Waals surface area contributed by atoms with Crippen LogP contribution in [-0.4, -0.2) is 7.11 Å². The molecule has 2 nitrogen and oxygen atoms in total. The molecule has 0 radical (unpaired) electrons. The first kappa shape index (κ1) is 14.8. The van der Waals surface area contributed by atoms with Crippen LogP contribution in [0.25, 0.3) is 0 Å². The van der Waals surface area contributed by atoms with E-state index in [4.69, 9.17) is 4.74 Å². The van der Waals surface area contributed by atoms with E-state index in [1.807, 2.05) is 24.3 Å². The maximum absolute atomic E-state index is 12.6. The van der Waals surface area contributed by atoms with Crippen molar-refractivity contribution < 1.29 is 13.5 Å². The number of anilines is 1. The van der Waals surface area contributed by atoms with Gasteiger partial charge in [0.1, 0.15) is 5.75 Å². The Balaban J connectivity index is 2.07. The molecule has 2 aromatic carbocycles. The largest absolute Gasteiger partial charge is 0.495 e. The molecule has 0 spiro atoms. The number of methoxy groups -OCH3 is 1. The van der Waals surface area contributed by atoms with E-state index in [0.29, 0.717) is 6.54 Å². The molecule has 0 aliphatic carbocycles. The third kappa shape index (κ3) is 3.70. The van der Waals surface area contributed by atoms with Gasteiger partial charge in [-0.2, -0.15) is 0 Å². The van der Waals surface area contributed by atoms with Crippen molar-refractivity contribution in [2.24, 2.45) is 0 Å². The van der Waals surface area contributed by atoms with Crippen LogP contribution < -0.4 is 10.1 Å². The summed E-state index contributed by atoms with van der Waals surface area (Å²) in [5.41, 5.74) is 1.72. The highest BCUT2D eigenvalue weighted by Crippen LogP contribution is 2.28. The number of hydrogen-bond acceptors (Lipinski definition) is 2. The lowest BCUT2D eigenvalue weighted by molar-refractivity contribution is 0.151. The standard InChI is InChI=1S/C15H14BrF2NO/c1-20-14-8-12(5-6-13(14)16)19-9-10-3-2-4-11(7-10)15(17)18/h2-8,15,19H,9H2,1H3. The van der Waals surface area contributed by atoms with Crippen LogP contribution in [-0.2, 0) is 6.54 Å². The lowest BCUT2D eigenvalue weighted by atomic mass is 10.1. The highest BCUT2D eigenvalue weighted by Gasteiger charge is 2.07. The van der Waals surface area contributed by atoms with Gasteiger partial charge >= 0.3 is 0 Å². The predicted octanol–water partition coefficient (Wildman–Crippen LogP) is 5.01. The average molecular weight is 342 g/mol. The Kier molecular flexibility index (Phi) is 4.95. The van der Waals surface area contributed by atoms with Crippen molar-refractivity contribution in [2.45, 2.75) is 13.0 Å². The van der Waals surface area contributed by atoms with Crippen molar-refractivity contribution in [1.29, 1.82) is 0 Å². The van der Waals surface area contributed by atoms with Crippen LogP contribution in [0.2, 0.25) is 0 Å². The molecule has 0 unspecified atom stereocenters. The van der Waals surface area contributed by atoms with Gasteiger partial charge in [-0.25, -0.2) is 8.78 Å². The summed E-state index contributed by atoms with van der Waals surface area (Å²) < 4.78 is 31.3. The van der Waals surface area contributed by atoms with Crippen molar-refractivity contribution in [3.8, 4) is 5.75 Å². The molecule has 0 heterocycles. The highest BCUT2D eigenvalue weighted by atomic mass is 79.9. The molecule has 0 aliphatic heterocycles. The molecule has 0 fully saturated rings. The molecule has 1 N–H and O–H groups in total. The first-order valence-electron chi connectivity index (χ1n) is 6.04. The van der Waals surface area contributed by atoms with E-state index in [0.717, 1.165) is 21.5 Å². The molecule has 2 rings (SSSR count). The normalized spacial score (nSPS) is 10.7. The molecule has 0 atom stereocenters. The van der Waals surface area contributed by atoms with Crippen LogP contribution in [0.1, 0.15) is 17.6 Å². The second-order valence-corrected chi connectivity index (χ2v) is 5.10. The van der Waals surface area contributed by atoms with E-state index >= 15 is 0 Å². The number of hydrogen-bond donors (Lipinski definition) is 1. The zero-order valence-corrected chi connectivity index (χ0v) is 12.5. The topological polar surface area (TPSA) is 21.3 Å². The summed E-state index contributed by atoms with van der Waals surface area (Å²) in [5, 5.41) is 3.18. The van der Waals surface area contributed by atoms with E-state index in [1.54, 1.807) is 13.2 Å². The van der Waals surface area contributed by atoms with Crippen LogP contribution in [0.4, 0.5) is 14.5 Å². The second kappa shape index (κ2) is 6.70. The third-order valence-corrected chi connectivity index (χ3v) is 3.51. The summed E-state index contributed by atoms with van der Waals surface area (Å²) in [5.74, 6) is 0.719. The smallest absolute Gasteiger partial charge is 0.263 e. The molecule has 5 heteroatoms. The van der Waals surface area contributed by atoms with E-state index in [9.17, 15) is 8.78 Å². The minimum absolute atomic E-state index is 0.0395. The molecule has 20 heavy (non-hydrogen) atoms. The minimum atomic E-state index is -2.44. The Morgan fingerprint density at radius 2 is 2.00 bits per heavy atom.